The topological polar surface area (TPSA) is 43.1 Å². The minimum Gasteiger partial charge on any atom is -0.405 e. The Kier molecular flexibility index (Phi) is 4.14. The first kappa shape index (κ1) is 7.69. The zero-order chi connectivity index (χ0) is 7.11. The van der Waals surface area contributed by atoms with E-state index in [4.69, 9.17) is 5.73 Å². The van der Waals surface area contributed by atoms with Gasteiger partial charge in [-0.2, -0.15) is 0 Å². The molecule has 0 aliphatic carbocycles. The number of hydrogen-bond acceptors (Lipinski definition) is 2. The smallest absolute Gasteiger partial charge is 0.150 e. The fourth-order valence-electron chi connectivity index (χ4n) is 0.381. The van der Waals surface area contributed by atoms with Crippen LogP contribution < -0.4 is 5.73 Å². The molecule has 2 heteroatoms. The molecule has 0 rings (SSSR count). The van der Waals surface area contributed by atoms with Crippen molar-refractivity contribution in [2.24, 2.45) is 5.73 Å². The van der Waals surface area contributed by atoms with Crippen molar-refractivity contribution < 1.29 is 4.79 Å². The lowest BCUT2D eigenvalue weighted by molar-refractivity contribution is -0.104. The lowest BCUT2D eigenvalue weighted by Crippen LogP contribution is -1.81. The second kappa shape index (κ2) is 4.84. The molecule has 0 aromatic carbocycles. The van der Waals surface area contributed by atoms with Crippen molar-refractivity contribution in [2.75, 3.05) is 0 Å². The molecule has 0 bridgehead atoms. The van der Waals surface area contributed by atoms with Crippen LogP contribution in [0.1, 0.15) is 0 Å². The molecule has 9 heavy (non-hydrogen) atoms. The van der Waals surface area contributed by atoms with Crippen molar-refractivity contribution in [2.45, 2.75) is 0 Å². The maximum Gasteiger partial charge on any atom is 0.150 e. The van der Waals surface area contributed by atoms with Crippen molar-refractivity contribution in [3.8, 4) is 0 Å². The first-order valence-corrected chi connectivity index (χ1v) is 2.51. The molecule has 2 nitrogen and oxygen atoms in total. The molecule has 0 saturated carbocycles. The molecule has 2 N–H and O–H groups in total. The Hall–Kier alpha value is -1.31. The van der Waals surface area contributed by atoms with E-state index in [0.717, 1.165) is 0 Å². The van der Waals surface area contributed by atoms with Crippen molar-refractivity contribution in [1.82, 2.24) is 0 Å². The van der Waals surface area contributed by atoms with Crippen LogP contribution in [0, 0.1) is 0 Å². The molecule has 0 aromatic heterocycles. The van der Waals surface area contributed by atoms with Crippen molar-refractivity contribution in [1.29, 1.82) is 0 Å². The second-order valence-electron chi connectivity index (χ2n) is 1.38. The van der Waals surface area contributed by atoms with E-state index in [1.165, 1.54) is 18.4 Å². The zero-order valence-corrected chi connectivity index (χ0v) is 5.08. The summed E-state index contributed by atoms with van der Waals surface area (Å²) >= 11 is 0. The van der Waals surface area contributed by atoms with E-state index in [1.807, 2.05) is 0 Å². The second-order valence-corrected chi connectivity index (χ2v) is 1.38. The third-order valence-corrected chi connectivity index (χ3v) is 0.735. The minimum atomic E-state index is 0.521. The molecule has 0 fully saturated rings. The average molecular weight is 123 g/mol. The number of aldehydes is 1. The van der Waals surface area contributed by atoms with Gasteiger partial charge in [0.25, 0.3) is 0 Å². The molecule has 0 aliphatic rings. The maximum absolute atomic E-state index is 10.1. The number of allylic oxidation sites excluding steroid dienone is 4. The van der Waals surface area contributed by atoms with E-state index < -0.39 is 0 Å². The number of hydrogen-bond donors (Lipinski definition) is 1. The standard InChI is InChI=1S/C7H9NO/c1-2-3-7(6-9)4-5-8/h2-6H,1,8H2/b5-4-,7-3+. The van der Waals surface area contributed by atoms with E-state index in [1.54, 1.807) is 6.08 Å². The van der Waals surface area contributed by atoms with Crippen molar-refractivity contribution >= 4 is 6.29 Å². The van der Waals surface area contributed by atoms with Gasteiger partial charge >= 0.3 is 0 Å². The highest BCUT2D eigenvalue weighted by molar-refractivity contribution is 5.77. The van der Waals surface area contributed by atoms with Gasteiger partial charge in [0.05, 0.1) is 0 Å². The number of rotatable bonds is 3. The van der Waals surface area contributed by atoms with Gasteiger partial charge in [-0.1, -0.05) is 18.7 Å². The van der Waals surface area contributed by atoms with Crippen LogP contribution in [0.2, 0.25) is 0 Å². The third kappa shape index (κ3) is 3.29. The summed E-state index contributed by atoms with van der Waals surface area (Å²) in [6.45, 7) is 3.42. The van der Waals surface area contributed by atoms with Crippen LogP contribution in [0.25, 0.3) is 0 Å². The van der Waals surface area contributed by atoms with Crippen LogP contribution in [0.5, 0.6) is 0 Å². The normalized spacial score (nSPS) is 11.8. The molecule has 0 aromatic rings. The molecule has 0 aliphatic heterocycles. The lowest BCUT2D eigenvalue weighted by atomic mass is 10.3. The van der Waals surface area contributed by atoms with Gasteiger partial charge in [0.15, 0.2) is 0 Å². The Labute approximate surface area is 54.4 Å². The summed E-state index contributed by atoms with van der Waals surface area (Å²) in [5.74, 6) is 0. The van der Waals surface area contributed by atoms with Crippen LogP contribution in [0.15, 0.2) is 36.6 Å². The highest BCUT2D eigenvalue weighted by atomic mass is 16.1. The SMILES string of the molecule is C=C/C=C(C=O)\C=C/N. The quantitative estimate of drug-likeness (QED) is 0.342. The maximum atomic E-state index is 10.1. The summed E-state index contributed by atoms with van der Waals surface area (Å²) in [4.78, 5) is 10.1. The van der Waals surface area contributed by atoms with Crippen LogP contribution >= 0.6 is 0 Å². The molecule has 0 amide bonds. The van der Waals surface area contributed by atoms with E-state index in [9.17, 15) is 4.79 Å². The molecular weight excluding hydrogens is 114 g/mol. The van der Waals surface area contributed by atoms with E-state index in [0.29, 0.717) is 11.9 Å². The molecule has 0 saturated heterocycles. The molecular formula is C7H9NO. The number of carbonyl (C=O) groups excluding carboxylic acids is 1. The number of carbonyl (C=O) groups is 1. The summed E-state index contributed by atoms with van der Waals surface area (Å²) in [5.41, 5.74) is 5.54. The van der Waals surface area contributed by atoms with Gasteiger partial charge < -0.3 is 5.73 Å². The summed E-state index contributed by atoms with van der Waals surface area (Å²) in [6.07, 6.45) is 6.64. The fourth-order valence-corrected chi connectivity index (χ4v) is 0.381. The Morgan fingerprint density at radius 2 is 2.22 bits per heavy atom. The Morgan fingerprint density at radius 1 is 1.56 bits per heavy atom. The lowest BCUT2D eigenvalue weighted by Gasteiger charge is -1.81. The predicted octanol–water partition coefficient (Wildman–Crippen LogP) is 0.770. The van der Waals surface area contributed by atoms with Crippen LogP contribution in [0.4, 0.5) is 0 Å². The molecule has 0 radical (unpaired) electrons. The van der Waals surface area contributed by atoms with E-state index in [-0.39, 0.29) is 0 Å². The van der Waals surface area contributed by atoms with Gasteiger partial charge in [-0.3, -0.25) is 4.79 Å². The fraction of sp³-hybridized carbons (Fsp3) is 0. The van der Waals surface area contributed by atoms with Gasteiger partial charge in [-0.15, -0.1) is 0 Å². The summed E-state index contributed by atoms with van der Waals surface area (Å²) in [5, 5.41) is 0. The van der Waals surface area contributed by atoms with Gasteiger partial charge in [0, 0.05) is 5.57 Å². The Balaban J connectivity index is 4.13. The third-order valence-electron chi connectivity index (χ3n) is 0.735. The largest absolute Gasteiger partial charge is 0.405 e. The van der Waals surface area contributed by atoms with Gasteiger partial charge in [0.1, 0.15) is 6.29 Å². The average Bonchev–Trinajstić information content (AvgIpc) is 1.88. The Morgan fingerprint density at radius 3 is 2.56 bits per heavy atom. The summed E-state index contributed by atoms with van der Waals surface area (Å²) in [6, 6.07) is 0. The predicted molar refractivity (Wildman–Crippen MR) is 37.7 cm³/mol. The van der Waals surface area contributed by atoms with Crippen LogP contribution in [-0.2, 0) is 4.79 Å². The summed E-state index contributed by atoms with van der Waals surface area (Å²) < 4.78 is 0. The van der Waals surface area contributed by atoms with Crippen molar-refractivity contribution in [3.63, 3.8) is 0 Å². The molecule has 0 atom stereocenters. The van der Waals surface area contributed by atoms with Gasteiger partial charge in [-0.25, -0.2) is 0 Å². The van der Waals surface area contributed by atoms with Gasteiger partial charge in [0.2, 0.25) is 0 Å². The zero-order valence-electron chi connectivity index (χ0n) is 5.08. The highest BCUT2D eigenvalue weighted by Crippen LogP contribution is 1.89. The summed E-state index contributed by atoms with van der Waals surface area (Å²) in [7, 11) is 0. The Bertz CT molecular complexity index is 156. The number of nitrogens with two attached hydrogens (primary N) is 1. The van der Waals surface area contributed by atoms with Gasteiger partial charge in [-0.05, 0) is 12.3 Å². The van der Waals surface area contributed by atoms with Crippen molar-refractivity contribution in [3.05, 3.63) is 36.6 Å². The van der Waals surface area contributed by atoms with Crippen LogP contribution in [-0.4, -0.2) is 6.29 Å². The minimum absolute atomic E-state index is 0.521. The van der Waals surface area contributed by atoms with Crippen LogP contribution in [0.3, 0.4) is 0 Å². The molecule has 48 valence electrons. The first-order valence-electron chi connectivity index (χ1n) is 2.51. The van der Waals surface area contributed by atoms with E-state index >= 15 is 0 Å². The van der Waals surface area contributed by atoms with E-state index in [2.05, 4.69) is 6.58 Å². The molecule has 0 spiro atoms. The highest BCUT2D eigenvalue weighted by Gasteiger charge is 1.81. The monoisotopic (exact) mass is 123 g/mol. The molecule has 0 unspecified atom stereocenters. The molecule has 0 heterocycles. The first-order chi connectivity index (χ1) is 4.35.